The highest BCUT2D eigenvalue weighted by Gasteiger charge is 2.19. The van der Waals surface area contributed by atoms with Crippen molar-refractivity contribution in [2.24, 2.45) is 0 Å². The molecule has 1 aliphatic rings. The molecule has 4 nitrogen and oxygen atoms in total. The molecule has 0 atom stereocenters. The largest absolute Gasteiger partial charge is 0.497 e. The molecule has 106 valence electrons. The van der Waals surface area contributed by atoms with E-state index in [2.05, 4.69) is 27.6 Å². The minimum atomic E-state index is 0.763. The maximum atomic E-state index is 5.24. The van der Waals surface area contributed by atoms with Crippen LogP contribution in [0.5, 0.6) is 5.75 Å². The number of nitrogens with one attached hydrogen (secondary N) is 1. The van der Waals surface area contributed by atoms with E-state index in [1.54, 1.807) is 18.4 Å². The van der Waals surface area contributed by atoms with E-state index in [4.69, 9.17) is 4.74 Å². The molecule has 1 N–H and O–H groups in total. The standard InChI is InChI=1S/C15H19N3OS/c1-19-13-4-2-3-11(9-13)10-15-18-17-14(20-15)7-8-16-12-5-6-12/h2-4,9,12,16H,5-8,10H2,1H3. The molecule has 5 heteroatoms. The van der Waals surface area contributed by atoms with Crippen LogP contribution in [0.4, 0.5) is 0 Å². The molecule has 0 unspecified atom stereocenters. The fourth-order valence-electron chi connectivity index (χ4n) is 2.09. The monoisotopic (exact) mass is 289 g/mol. The number of hydrogen-bond donors (Lipinski definition) is 1. The van der Waals surface area contributed by atoms with Gasteiger partial charge in [0.1, 0.15) is 15.8 Å². The van der Waals surface area contributed by atoms with Crippen molar-refractivity contribution >= 4 is 11.3 Å². The van der Waals surface area contributed by atoms with Crippen LogP contribution in [0.1, 0.15) is 28.4 Å². The third-order valence-corrected chi connectivity index (χ3v) is 4.33. The van der Waals surface area contributed by atoms with Crippen molar-refractivity contribution < 1.29 is 4.74 Å². The number of hydrogen-bond acceptors (Lipinski definition) is 5. The van der Waals surface area contributed by atoms with Gasteiger partial charge in [0, 0.05) is 25.4 Å². The van der Waals surface area contributed by atoms with Crippen molar-refractivity contribution in [3.05, 3.63) is 39.8 Å². The van der Waals surface area contributed by atoms with Gasteiger partial charge in [0.15, 0.2) is 0 Å². The number of benzene rings is 1. The topological polar surface area (TPSA) is 47.0 Å². The summed E-state index contributed by atoms with van der Waals surface area (Å²) >= 11 is 1.71. The molecule has 0 bridgehead atoms. The molecule has 1 saturated carbocycles. The lowest BCUT2D eigenvalue weighted by Crippen LogP contribution is -2.19. The van der Waals surface area contributed by atoms with Crippen LogP contribution in [0.3, 0.4) is 0 Å². The van der Waals surface area contributed by atoms with Gasteiger partial charge >= 0.3 is 0 Å². The van der Waals surface area contributed by atoms with E-state index in [-0.39, 0.29) is 0 Å². The SMILES string of the molecule is COc1cccc(Cc2nnc(CCNC3CC3)s2)c1. The molecular weight excluding hydrogens is 270 g/mol. The van der Waals surface area contributed by atoms with Crippen LogP contribution in [-0.4, -0.2) is 29.9 Å². The zero-order chi connectivity index (χ0) is 13.8. The summed E-state index contributed by atoms with van der Waals surface area (Å²) in [7, 11) is 1.69. The van der Waals surface area contributed by atoms with Gasteiger partial charge < -0.3 is 10.1 Å². The molecule has 1 aliphatic carbocycles. The third-order valence-electron chi connectivity index (χ3n) is 3.35. The quantitative estimate of drug-likeness (QED) is 0.850. The number of aromatic nitrogens is 2. The Hall–Kier alpha value is -1.46. The van der Waals surface area contributed by atoms with Gasteiger partial charge in [-0.1, -0.05) is 12.1 Å². The molecule has 20 heavy (non-hydrogen) atoms. The minimum absolute atomic E-state index is 0.763. The second kappa shape index (κ2) is 6.33. The van der Waals surface area contributed by atoms with Crippen molar-refractivity contribution in [2.45, 2.75) is 31.7 Å². The predicted octanol–water partition coefficient (Wildman–Crippen LogP) is 2.43. The highest BCUT2D eigenvalue weighted by Crippen LogP contribution is 2.20. The van der Waals surface area contributed by atoms with Crippen LogP contribution in [0, 0.1) is 0 Å². The van der Waals surface area contributed by atoms with Crippen molar-refractivity contribution in [3.8, 4) is 5.75 Å². The molecule has 0 aliphatic heterocycles. The molecule has 0 spiro atoms. The van der Waals surface area contributed by atoms with E-state index >= 15 is 0 Å². The minimum Gasteiger partial charge on any atom is -0.497 e. The summed E-state index contributed by atoms with van der Waals surface area (Å²) in [5, 5.41) is 14.2. The maximum Gasteiger partial charge on any atom is 0.121 e. The Morgan fingerprint density at radius 1 is 1.30 bits per heavy atom. The maximum absolute atomic E-state index is 5.24. The summed E-state index contributed by atoms with van der Waals surface area (Å²) in [4.78, 5) is 0. The highest BCUT2D eigenvalue weighted by atomic mass is 32.1. The van der Waals surface area contributed by atoms with Gasteiger partial charge in [-0.2, -0.15) is 0 Å². The molecule has 3 rings (SSSR count). The fourth-order valence-corrected chi connectivity index (χ4v) is 2.97. The summed E-state index contributed by atoms with van der Waals surface area (Å²) in [6, 6.07) is 8.88. The Kier molecular flexibility index (Phi) is 4.28. The van der Waals surface area contributed by atoms with Crippen LogP contribution in [0.15, 0.2) is 24.3 Å². The van der Waals surface area contributed by atoms with Crippen molar-refractivity contribution in [3.63, 3.8) is 0 Å². The Labute approximate surface area is 123 Å². The summed E-state index contributed by atoms with van der Waals surface area (Å²) in [6.07, 6.45) is 4.46. The zero-order valence-corrected chi connectivity index (χ0v) is 12.4. The first-order valence-corrected chi connectivity index (χ1v) is 7.83. The van der Waals surface area contributed by atoms with E-state index in [9.17, 15) is 0 Å². The molecule has 0 amide bonds. The lowest BCUT2D eigenvalue weighted by Gasteiger charge is -2.02. The molecule has 0 saturated heterocycles. The van der Waals surface area contributed by atoms with E-state index in [1.165, 1.54) is 18.4 Å². The smallest absolute Gasteiger partial charge is 0.121 e. The average molecular weight is 289 g/mol. The molecule has 1 fully saturated rings. The van der Waals surface area contributed by atoms with Gasteiger partial charge in [0.25, 0.3) is 0 Å². The third kappa shape index (κ3) is 3.77. The van der Waals surface area contributed by atoms with Crippen LogP contribution in [0.2, 0.25) is 0 Å². The van der Waals surface area contributed by atoms with Crippen LogP contribution < -0.4 is 10.1 Å². The molecule has 2 aromatic rings. The van der Waals surface area contributed by atoms with Crippen molar-refractivity contribution in [1.82, 2.24) is 15.5 Å². The number of nitrogens with zero attached hydrogens (tertiary/aromatic N) is 2. The van der Waals surface area contributed by atoms with Crippen LogP contribution in [0.25, 0.3) is 0 Å². The molecule has 1 aromatic heterocycles. The summed E-state index contributed by atoms with van der Waals surface area (Å²) in [5.74, 6) is 0.890. The van der Waals surface area contributed by atoms with Gasteiger partial charge in [-0.25, -0.2) is 0 Å². The van der Waals surface area contributed by atoms with E-state index in [1.807, 2.05) is 12.1 Å². The lowest BCUT2D eigenvalue weighted by atomic mass is 10.1. The van der Waals surface area contributed by atoms with Gasteiger partial charge in [-0.15, -0.1) is 21.5 Å². The lowest BCUT2D eigenvalue weighted by molar-refractivity contribution is 0.414. The van der Waals surface area contributed by atoms with Gasteiger partial charge in [0.2, 0.25) is 0 Å². The summed E-state index contributed by atoms with van der Waals surface area (Å²) in [6.45, 7) is 1.01. The van der Waals surface area contributed by atoms with Crippen LogP contribution in [-0.2, 0) is 12.8 Å². The second-order valence-electron chi connectivity index (χ2n) is 5.10. The molecule has 1 aromatic carbocycles. The average Bonchev–Trinajstić information content (AvgIpc) is 3.19. The van der Waals surface area contributed by atoms with Crippen molar-refractivity contribution in [2.75, 3.05) is 13.7 Å². The number of ether oxygens (including phenoxy) is 1. The molecular formula is C15H19N3OS. The van der Waals surface area contributed by atoms with E-state index < -0.39 is 0 Å². The first-order valence-electron chi connectivity index (χ1n) is 7.01. The van der Waals surface area contributed by atoms with E-state index in [0.717, 1.165) is 41.2 Å². The Bertz CT molecular complexity index is 566. The van der Waals surface area contributed by atoms with Gasteiger partial charge in [-0.3, -0.25) is 0 Å². The van der Waals surface area contributed by atoms with Crippen LogP contribution >= 0.6 is 11.3 Å². The van der Waals surface area contributed by atoms with Gasteiger partial charge in [-0.05, 0) is 30.5 Å². The fraction of sp³-hybridized carbons (Fsp3) is 0.467. The highest BCUT2D eigenvalue weighted by molar-refractivity contribution is 7.11. The summed E-state index contributed by atoms with van der Waals surface area (Å²) < 4.78 is 5.24. The Morgan fingerprint density at radius 3 is 2.95 bits per heavy atom. The second-order valence-corrected chi connectivity index (χ2v) is 6.24. The Morgan fingerprint density at radius 2 is 2.15 bits per heavy atom. The normalized spacial score (nSPS) is 14.4. The predicted molar refractivity (Wildman–Crippen MR) is 80.4 cm³/mol. The summed E-state index contributed by atoms with van der Waals surface area (Å²) in [5.41, 5.74) is 1.21. The first-order chi connectivity index (χ1) is 9.83. The van der Waals surface area contributed by atoms with Crippen molar-refractivity contribution in [1.29, 1.82) is 0 Å². The molecule has 0 radical (unpaired) electrons. The molecule has 1 heterocycles. The zero-order valence-electron chi connectivity index (χ0n) is 11.6. The van der Waals surface area contributed by atoms with Gasteiger partial charge in [0.05, 0.1) is 7.11 Å². The number of rotatable bonds is 7. The Balaban J connectivity index is 1.55. The first kappa shape index (κ1) is 13.5. The van der Waals surface area contributed by atoms with E-state index in [0.29, 0.717) is 0 Å². The number of methoxy groups -OCH3 is 1.